The fraction of sp³-hybridized carbons (Fsp3) is 0.286. The molecule has 3 nitrogen and oxygen atoms in total. The number of fused-ring (bicyclic) bond motifs is 1. The third-order valence-corrected chi connectivity index (χ3v) is 5.15. The Kier molecular flexibility index (Phi) is 4.97. The van der Waals surface area contributed by atoms with Crippen LogP contribution in [0.5, 0.6) is 0 Å². The largest absolute Gasteiger partial charge is 0.314 e. The van der Waals surface area contributed by atoms with Crippen molar-refractivity contribution in [2.75, 3.05) is 19.6 Å². The minimum absolute atomic E-state index is 0.286. The van der Waals surface area contributed by atoms with Crippen molar-refractivity contribution in [2.45, 2.75) is 18.4 Å². The van der Waals surface area contributed by atoms with Gasteiger partial charge in [-0.15, -0.1) is 0 Å². The number of rotatable bonds is 4. The smallest absolute Gasteiger partial charge is 0.0704 e. The summed E-state index contributed by atoms with van der Waals surface area (Å²) in [5.74, 6) is 0.339. The van der Waals surface area contributed by atoms with Crippen molar-refractivity contribution in [2.24, 2.45) is 0 Å². The van der Waals surface area contributed by atoms with Crippen LogP contribution in [-0.4, -0.2) is 30.7 Å². The van der Waals surface area contributed by atoms with E-state index in [-0.39, 0.29) is 6.04 Å². The normalized spacial score (nSPS) is 19.0. The van der Waals surface area contributed by atoms with E-state index in [4.69, 9.17) is 16.9 Å². The standard InChI is InChI=1S/C21H21ClN3/c22-18-7-5-16(6-8-18)19(21-14-23-10-11-25-21)12-15-3-4-17-2-1-9-24-20(17)13-15/h1-9,13,19,21,23H,10-12,14H2. The van der Waals surface area contributed by atoms with E-state index < -0.39 is 0 Å². The fourth-order valence-electron chi connectivity index (χ4n) is 3.57. The van der Waals surface area contributed by atoms with Crippen LogP contribution in [0.4, 0.5) is 0 Å². The molecule has 2 aromatic carbocycles. The number of nitrogens with zero attached hydrogens (tertiary/aromatic N) is 2. The van der Waals surface area contributed by atoms with Gasteiger partial charge < -0.3 is 5.32 Å². The molecule has 1 N–H and O–H groups in total. The molecule has 0 aliphatic carbocycles. The van der Waals surface area contributed by atoms with Crippen molar-refractivity contribution in [1.29, 1.82) is 0 Å². The summed E-state index contributed by atoms with van der Waals surface area (Å²) in [4.78, 5) is 4.49. The quantitative estimate of drug-likeness (QED) is 0.777. The van der Waals surface area contributed by atoms with Crippen molar-refractivity contribution >= 4 is 22.5 Å². The van der Waals surface area contributed by atoms with Gasteiger partial charge in [0.1, 0.15) is 0 Å². The van der Waals surface area contributed by atoms with Crippen LogP contribution in [0.3, 0.4) is 0 Å². The zero-order chi connectivity index (χ0) is 17.1. The second-order valence-corrected chi connectivity index (χ2v) is 7.01. The molecule has 1 aliphatic heterocycles. The van der Waals surface area contributed by atoms with Gasteiger partial charge in [-0.3, -0.25) is 4.98 Å². The minimum Gasteiger partial charge on any atom is -0.314 e. The van der Waals surface area contributed by atoms with Crippen molar-refractivity contribution in [3.05, 3.63) is 76.9 Å². The molecular weight excluding hydrogens is 330 g/mol. The highest BCUT2D eigenvalue weighted by molar-refractivity contribution is 6.30. The first-order valence-electron chi connectivity index (χ1n) is 8.76. The Morgan fingerprint density at radius 3 is 2.80 bits per heavy atom. The molecule has 1 saturated heterocycles. The van der Waals surface area contributed by atoms with Gasteiger partial charge in [-0.2, -0.15) is 0 Å². The summed E-state index contributed by atoms with van der Waals surface area (Å²) in [5, 5.41) is 10.3. The molecule has 0 spiro atoms. The van der Waals surface area contributed by atoms with Crippen LogP contribution in [0, 0.1) is 0 Å². The summed E-state index contributed by atoms with van der Waals surface area (Å²) < 4.78 is 0. The van der Waals surface area contributed by atoms with Gasteiger partial charge in [0.2, 0.25) is 0 Å². The summed E-state index contributed by atoms with van der Waals surface area (Å²) >= 11 is 6.08. The Morgan fingerprint density at radius 1 is 1.12 bits per heavy atom. The lowest BCUT2D eigenvalue weighted by Gasteiger charge is -2.31. The maximum atomic E-state index is 6.08. The zero-order valence-corrected chi connectivity index (χ0v) is 14.8. The molecule has 4 heteroatoms. The second kappa shape index (κ2) is 7.52. The van der Waals surface area contributed by atoms with Gasteiger partial charge in [-0.25, -0.2) is 5.32 Å². The predicted molar refractivity (Wildman–Crippen MR) is 103 cm³/mol. The summed E-state index contributed by atoms with van der Waals surface area (Å²) in [5.41, 5.74) is 3.64. The van der Waals surface area contributed by atoms with E-state index in [9.17, 15) is 0 Å². The van der Waals surface area contributed by atoms with Crippen LogP contribution in [0.2, 0.25) is 5.02 Å². The maximum absolute atomic E-state index is 6.08. The molecule has 0 bridgehead atoms. The Bertz CT molecular complexity index is 841. The van der Waals surface area contributed by atoms with Gasteiger partial charge in [-0.05, 0) is 41.8 Å². The molecule has 1 aliphatic rings. The molecule has 4 rings (SSSR count). The molecule has 2 unspecified atom stereocenters. The molecule has 1 fully saturated rings. The average Bonchev–Trinajstić information content (AvgIpc) is 2.67. The van der Waals surface area contributed by atoms with E-state index in [1.807, 2.05) is 24.4 Å². The summed E-state index contributed by atoms with van der Waals surface area (Å²) in [6.45, 7) is 2.79. The van der Waals surface area contributed by atoms with Crippen LogP contribution in [0.1, 0.15) is 17.0 Å². The van der Waals surface area contributed by atoms with Gasteiger partial charge in [0, 0.05) is 48.2 Å². The monoisotopic (exact) mass is 350 g/mol. The van der Waals surface area contributed by atoms with E-state index in [0.29, 0.717) is 5.92 Å². The van der Waals surface area contributed by atoms with E-state index in [2.05, 4.69) is 46.7 Å². The van der Waals surface area contributed by atoms with E-state index >= 15 is 0 Å². The Balaban J connectivity index is 1.65. The number of hydrogen-bond acceptors (Lipinski definition) is 2. The van der Waals surface area contributed by atoms with Crippen molar-refractivity contribution in [3.63, 3.8) is 0 Å². The first kappa shape index (κ1) is 16.5. The van der Waals surface area contributed by atoms with Gasteiger partial charge in [0.15, 0.2) is 0 Å². The van der Waals surface area contributed by atoms with Crippen LogP contribution >= 0.6 is 11.6 Å². The molecule has 0 amide bonds. The summed E-state index contributed by atoms with van der Waals surface area (Å²) in [7, 11) is 0. The molecule has 0 saturated carbocycles. The number of nitrogens with one attached hydrogen (secondary N) is 1. The molecule has 2 atom stereocenters. The first-order valence-corrected chi connectivity index (χ1v) is 9.14. The van der Waals surface area contributed by atoms with Gasteiger partial charge in [0.05, 0.1) is 5.52 Å². The van der Waals surface area contributed by atoms with Crippen molar-refractivity contribution < 1.29 is 0 Å². The highest BCUT2D eigenvalue weighted by Gasteiger charge is 2.26. The van der Waals surface area contributed by atoms with Crippen molar-refractivity contribution in [3.8, 4) is 0 Å². The predicted octanol–water partition coefficient (Wildman–Crippen LogP) is 3.79. The number of piperazine rings is 1. The number of aromatic nitrogens is 1. The van der Waals surface area contributed by atoms with Crippen LogP contribution < -0.4 is 10.6 Å². The number of halogens is 1. The zero-order valence-electron chi connectivity index (χ0n) is 14.0. The van der Waals surface area contributed by atoms with Gasteiger partial charge >= 0.3 is 0 Å². The Labute approximate surface area is 153 Å². The van der Waals surface area contributed by atoms with Gasteiger partial charge in [-0.1, -0.05) is 41.9 Å². The van der Waals surface area contributed by atoms with E-state index in [0.717, 1.165) is 36.6 Å². The summed E-state index contributed by atoms with van der Waals surface area (Å²) in [6, 6.07) is 19.2. The lowest BCUT2D eigenvalue weighted by Crippen LogP contribution is -2.47. The number of hydrogen-bond donors (Lipinski definition) is 1. The molecule has 2 heterocycles. The average molecular weight is 351 g/mol. The molecular formula is C21H21ClN3. The molecule has 3 aromatic rings. The van der Waals surface area contributed by atoms with E-state index in [1.54, 1.807) is 0 Å². The van der Waals surface area contributed by atoms with E-state index in [1.165, 1.54) is 16.5 Å². The lowest BCUT2D eigenvalue weighted by atomic mass is 9.85. The minimum atomic E-state index is 0.286. The SMILES string of the molecule is Clc1ccc(C(Cc2ccc3cccnc3c2)C2CNCC[N]2)cc1. The van der Waals surface area contributed by atoms with Crippen LogP contribution in [0.25, 0.3) is 10.9 Å². The highest BCUT2D eigenvalue weighted by Crippen LogP contribution is 2.28. The molecule has 25 heavy (non-hydrogen) atoms. The van der Waals surface area contributed by atoms with Crippen LogP contribution in [0.15, 0.2) is 60.8 Å². The fourth-order valence-corrected chi connectivity index (χ4v) is 3.70. The third-order valence-electron chi connectivity index (χ3n) is 4.89. The molecule has 1 aromatic heterocycles. The first-order chi connectivity index (χ1) is 12.3. The van der Waals surface area contributed by atoms with Crippen molar-refractivity contribution in [1.82, 2.24) is 15.6 Å². The van der Waals surface area contributed by atoms with Crippen LogP contribution in [-0.2, 0) is 6.42 Å². The second-order valence-electron chi connectivity index (χ2n) is 6.57. The Morgan fingerprint density at radius 2 is 2.00 bits per heavy atom. The molecule has 1 radical (unpaired) electrons. The maximum Gasteiger partial charge on any atom is 0.0704 e. The summed E-state index contributed by atoms with van der Waals surface area (Å²) in [6.07, 6.45) is 2.80. The Hall–Kier alpha value is -1.94. The number of pyridine rings is 1. The number of benzene rings is 2. The van der Waals surface area contributed by atoms with Gasteiger partial charge in [0.25, 0.3) is 0 Å². The molecule has 127 valence electrons. The third kappa shape index (κ3) is 3.84. The lowest BCUT2D eigenvalue weighted by molar-refractivity contribution is 0.357. The highest BCUT2D eigenvalue weighted by atomic mass is 35.5. The topological polar surface area (TPSA) is 39.0 Å².